The zero-order valence-electron chi connectivity index (χ0n) is 16.2. The monoisotopic (exact) mass is 488 g/mol. The van der Waals surface area contributed by atoms with Crippen molar-refractivity contribution in [1.82, 2.24) is 0 Å². The van der Waals surface area contributed by atoms with Crippen molar-refractivity contribution < 1.29 is 22.8 Å². The third-order valence-corrected chi connectivity index (χ3v) is 5.50. The molecule has 1 aliphatic heterocycles. The Bertz CT molecular complexity index is 1220. The number of rotatable bonds is 3. The molecule has 0 saturated heterocycles. The maximum Gasteiger partial charge on any atom is 0.416 e. The molecule has 3 aromatic rings. The van der Waals surface area contributed by atoms with Gasteiger partial charge >= 0.3 is 6.18 Å². The minimum Gasteiger partial charge on any atom is -0.325 e. The third kappa shape index (κ3) is 4.34. The summed E-state index contributed by atoms with van der Waals surface area (Å²) >= 11 is 3.47. The van der Waals surface area contributed by atoms with Gasteiger partial charge in [0.2, 0.25) is 5.91 Å². The van der Waals surface area contributed by atoms with Crippen LogP contribution in [0.25, 0.3) is 11.1 Å². The van der Waals surface area contributed by atoms with Gasteiger partial charge in [-0.3, -0.25) is 9.59 Å². The van der Waals surface area contributed by atoms with Crippen LogP contribution in [-0.2, 0) is 17.4 Å². The second kappa shape index (κ2) is 7.85. The molecule has 0 unspecified atom stereocenters. The van der Waals surface area contributed by atoms with Crippen LogP contribution >= 0.6 is 15.9 Å². The topological polar surface area (TPSA) is 58.2 Å². The highest BCUT2D eigenvalue weighted by Crippen LogP contribution is 2.40. The van der Waals surface area contributed by atoms with Gasteiger partial charge in [0.25, 0.3) is 5.91 Å². The standard InChI is InChI=1S/C23H16BrF3N2O2/c1-12-5-6-17(28-22(31)13-3-2-4-15(7-13)23(25,26)27)11-18(12)19-10-16(24)8-14-9-20(30)29-21(14)19/h2-8,10-11H,9H2,1H3,(H,28,31)(H,29,30). The predicted octanol–water partition coefficient (Wildman–Crippen LogP) is 6.19. The quantitative estimate of drug-likeness (QED) is 0.461. The normalized spacial score (nSPS) is 13.0. The second-order valence-corrected chi connectivity index (χ2v) is 8.19. The highest BCUT2D eigenvalue weighted by molar-refractivity contribution is 9.10. The summed E-state index contributed by atoms with van der Waals surface area (Å²) < 4.78 is 39.7. The summed E-state index contributed by atoms with van der Waals surface area (Å²) in [7, 11) is 0. The van der Waals surface area contributed by atoms with E-state index in [4.69, 9.17) is 0 Å². The van der Waals surface area contributed by atoms with Crippen molar-refractivity contribution in [2.24, 2.45) is 0 Å². The van der Waals surface area contributed by atoms with Gasteiger partial charge in [0, 0.05) is 21.3 Å². The number of fused-ring (bicyclic) bond motifs is 1. The van der Waals surface area contributed by atoms with E-state index in [0.29, 0.717) is 5.69 Å². The fourth-order valence-corrected chi connectivity index (χ4v) is 4.05. The molecule has 0 saturated carbocycles. The highest BCUT2D eigenvalue weighted by Gasteiger charge is 2.31. The van der Waals surface area contributed by atoms with E-state index in [1.165, 1.54) is 12.1 Å². The van der Waals surface area contributed by atoms with Gasteiger partial charge in [-0.2, -0.15) is 13.2 Å². The van der Waals surface area contributed by atoms with E-state index in [0.717, 1.165) is 44.5 Å². The number of benzene rings is 3. The molecular formula is C23H16BrF3N2O2. The average molecular weight is 489 g/mol. The lowest BCUT2D eigenvalue weighted by atomic mass is 9.96. The molecule has 3 aromatic carbocycles. The van der Waals surface area contributed by atoms with E-state index in [1.807, 2.05) is 19.1 Å². The van der Waals surface area contributed by atoms with Crippen LogP contribution < -0.4 is 10.6 Å². The average Bonchev–Trinajstić information content (AvgIpc) is 3.08. The van der Waals surface area contributed by atoms with Crippen LogP contribution in [0.4, 0.5) is 24.5 Å². The molecule has 0 aliphatic carbocycles. The minimum absolute atomic E-state index is 0.0902. The molecule has 0 spiro atoms. The Hall–Kier alpha value is -3.13. The van der Waals surface area contributed by atoms with Crippen molar-refractivity contribution in [2.45, 2.75) is 19.5 Å². The fourth-order valence-electron chi connectivity index (χ4n) is 3.55. The number of amides is 2. The number of nitrogens with one attached hydrogen (secondary N) is 2. The molecule has 2 N–H and O–H groups in total. The van der Waals surface area contributed by atoms with E-state index in [1.54, 1.807) is 18.2 Å². The van der Waals surface area contributed by atoms with Crippen molar-refractivity contribution in [1.29, 1.82) is 0 Å². The lowest BCUT2D eigenvalue weighted by Gasteiger charge is -2.15. The SMILES string of the molecule is Cc1ccc(NC(=O)c2cccc(C(F)(F)F)c2)cc1-c1cc(Br)cc2c1NC(=O)C2. The molecule has 31 heavy (non-hydrogen) atoms. The lowest BCUT2D eigenvalue weighted by molar-refractivity contribution is -0.137. The summed E-state index contributed by atoms with van der Waals surface area (Å²) in [4.78, 5) is 24.5. The summed E-state index contributed by atoms with van der Waals surface area (Å²) in [6, 6.07) is 13.3. The van der Waals surface area contributed by atoms with Crippen LogP contribution in [0.1, 0.15) is 27.0 Å². The van der Waals surface area contributed by atoms with E-state index >= 15 is 0 Å². The first-order valence-corrected chi connectivity index (χ1v) is 10.1. The number of anilines is 2. The van der Waals surface area contributed by atoms with Gasteiger partial charge in [-0.25, -0.2) is 0 Å². The molecule has 0 fully saturated rings. The van der Waals surface area contributed by atoms with Gasteiger partial charge in [-0.15, -0.1) is 0 Å². The van der Waals surface area contributed by atoms with Gasteiger partial charge in [0.15, 0.2) is 0 Å². The number of aryl methyl sites for hydroxylation is 1. The Labute approximate surface area is 184 Å². The highest BCUT2D eigenvalue weighted by atomic mass is 79.9. The van der Waals surface area contributed by atoms with Crippen LogP contribution in [0.15, 0.2) is 59.1 Å². The maximum atomic E-state index is 12.9. The summed E-state index contributed by atoms with van der Waals surface area (Å²) in [5.41, 5.74) is 3.55. The van der Waals surface area contributed by atoms with Crippen molar-refractivity contribution in [3.8, 4) is 11.1 Å². The second-order valence-electron chi connectivity index (χ2n) is 7.27. The van der Waals surface area contributed by atoms with E-state index in [-0.39, 0.29) is 17.9 Å². The number of hydrogen-bond donors (Lipinski definition) is 2. The molecule has 8 heteroatoms. The fraction of sp³-hybridized carbons (Fsp3) is 0.130. The van der Waals surface area contributed by atoms with Crippen LogP contribution in [0.2, 0.25) is 0 Å². The molecule has 0 atom stereocenters. The van der Waals surface area contributed by atoms with Crippen molar-refractivity contribution >= 4 is 39.1 Å². The van der Waals surface area contributed by atoms with E-state index < -0.39 is 17.6 Å². The number of hydrogen-bond acceptors (Lipinski definition) is 2. The molecule has 1 heterocycles. The molecule has 1 aliphatic rings. The Morgan fingerprint density at radius 3 is 2.58 bits per heavy atom. The van der Waals surface area contributed by atoms with Crippen LogP contribution in [-0.4, -0.2) is 11.8 Å². The molecule has 0 aromatic heterocycles. The smallest absolute Gasteiger partial charge is 0.325 e. The van der Waals surface area contributed by atoms with E-state index in [2.05, 4.69) is 26.6 Å². The molecule has 0 radical (unpaired) electrons. The zero-order valence-corrected chi connectivity index (χ0v) is 17.8. The van der Waals surface area contributed by atoms with Gasteiger partial charge in [0.05, 0.1) is 17.7 Å². The number of carbonyl (C=O) groups is 2. The first kappa shape index (κ1) is 21.1. The summed E-state index contributed by atoms with van der Waals surface area (Å²) in [6.45, 7) is 1.90. The first-order chi connectivity index (χ1) is 14.6. The van der Waals surface area contributed by atoms with Gasteiger partial charge in [-0.05, 0) is 66.1 Å². The van der Waals surface area contributed by atoms with Gasteiger partial charge in [0.1, 0.15) is 0 Å². The predicted molar refractivity (Wildman–Crippen MR) is 116 cm³/mol. The van der Waals surface area contributed by atoms with Crippen LogP contribution in [0.5, 0.6) is 0 Å². The first-order valence-electron chi connectivity index (χ1n) is 9.34. The van der Waals surface area contributed by atoms with Gasteiger partial charge < -0.3 is 10.6 Å². The van der Waals surface area contributed by atoms with Crippen molar-refractivity contribution in [2.75, 3.05) is 10.6 Å². The molecule has 4 rings (SSSR count). The van der Waals surface area contributed by atoms with Gasteiger partial charge in [-0.1, -0.05) is 28.1 Å². The number of halogens is 4. The molecule has 2 amide bonds. The Morgan fingerprint density at radius 1 is 1.06 bits per heavy atom. The summed E-state index contributed by atoms with van der Waals surface area (Å²) in [6.07, 6.45) is -4.24. The Kier molecular flexibility index (Phi) is 5.35. The number of carbonyl (C=O) groups excluding carboxylic acids is 2. The zero-order chi connectivity index (χ0) is 22.3. The molecule has 158 valence electrons. The maximum absolute atomic E-state index is 12.9. The van der Waals surface area contributed by atoms with Crippen molar-refractivity contribution in [3.63, 3.8) is 0 Å². The molecule has 4 nitrogen and oxygen atoms in total. The lowest BCUT2D eigenvalue weighted by Crippen LogP contribution is -2.14. The number of alkyl halides is 3. The van der Waals surface area contributed by atoms with E-state index in [9.17, 15) is 22.8 Å². The third-order valence-electron chi connectivity index (χ3n) is 5.04. The van der Waals surface area contributed by atoms with Crippen molar-refractivity contribution in [3.05, 3.63) is 81.3 Å². The molecular weight excluding hydrogens is 473 g/mol. The largest absolute Gasteiger partial charge is 0.416 e. The minimum atomic E-state index is -4.53. The summed E-state index contributed by atoms with van der Waals surface area (Å²) in [5.74, 6) is -0.741. The summed E-state index contributed by atoms with van der Waals surface area (Å²) in [5, 5.41) is 5.53. The molecule has 0 bridgehead atoms. The van der Waals surface area contributed by atoms with Crippen LogP contribution in [0, 0.1) is 6.92 Å². The Morgan fingerprint density at radius 2 is 1.84 bits per heavy atom. The van der Waals surface area contributed by atoms with Crippen LogP contribution in [0.3, 0.4) is 0 Å². The Balaban J connectivity index is 1.68.